The Hall–Kier alpha value is -1.77. The molecule has 2 aromatic rings. The van der Waals surface area contributed by atoms with Gasteiger partial charge in [0.1, 0.15) is 5.76 Å². The van der Waals surface area contributed by atoms with Gasteiger partial charge in [0.25, 0.3) is 0 Å². The van der Waals surface area contributed by atoms with Gasteiger partial charge in [-0.1, -0.05) is 52.8 Å². The summed E-state index contributed by atoms with van der Waals surface area (Å²) in [5.41, 5.74) is 4.48. The third-order valence-corrected chi connectivity index (χ3v) is 5.27. The van der Waals surface area contributed by atoms with E-state index in [1.165, 1.54) is 36.0 Å². The fourth-order valence-corrected chi connectivity index (χ4v) is 3.71. The van der Waals surface area contributed by atoms with Crippen LogP contribution in [0.4, 0.5) is 0 Å². The van der Waals surface area contributed by atoms with Crippen LogP contribution in [0.25, 0.3) is 0 Å². The highest BCUT2D eigenvalue weighted by molar-refractivity contribution is 5.38. The van der Waals surface area contributed by atoms with E-state index in [0.717, 1.165) is 12.8 Å². The Morgan fingerprint density at radius 2 is 1.64 bits per heavy atom. The second-order valence-corrected chi connectivity index (χ2v) is 9.26. The fraction of sp³-hybridized carbons (Fsp3) is 0.591. The predicted molar refractivity (Wildman–Crippen MR) is 100 cm³/mol. The van der Waals surface area contributed by atoms with Crippen molar-refractivity contribution in [2.75, 3.05) is 0 Å². The van der Waals surface area contributed by atoms with Crippen LogP contribution in [0.15, 0.2) is 31.8 Å². The zero-order chi connectivity index (χ0) is 18.2. The molecule has 0 atom stereocenters. The molecule has 0 unspecified atom stereocenters. The minimum absolute atomic E-state index is 0.0342. The van der Waals surface area contributed by atoms with Gasteiger partial charge in [0.2, 0.25) is 0 Å². The van der Waals surface area contributed by atoms with Crippen molar-refractivity contribution in [1.82, 2.24) is 0 Å². The highest BCUT2D eigenvalue weighted by Crippen LogP contribution is 2.33. The molecule has 3 nitrogen and oxygen atoms in total. The molecular formula is C22H30O3. The van der Waals surface area contributed by atoms with E-state index in [9.17, 15) is 4.79 Å². The van der Waals surface area contributed by atoms with Gasteiger partial charge >= 0.3 is 5.82 Å². The molecule has 25 heavy (non-hydrogen) atoms. The van der Waals surface area contributed by atoms with Crippen molar-refractivity contribution in [1.29, 1.82) is 0 Å². The largest absolute Gasteiger partial charge is 0.519 e. The Kier molecular flexibility index (Phi) is 4.70. The first-order chi connectivity index (χ1) is 11.6. The first kappa shape index (κ1) is 18.0. The van der Waals surface area contributed by atoms with Crippen LogP contribution in [0.5, 0.6) is 0 Å². The van der Waals surface area contributed by atoms with Crippen LogP contribution in [-0.2, 0) is 31.1 Å². The Morgan fingerprint density at radius 1 is 0.960 bits per heavy atom. The summed E-state index contributed by atoms with van der Waals surface area (Å²) in [4.78, 5) is 11.6. The molecule has 1 aromatic carbocycles. The second kappa shape index (κ2) is 6.51. The quantitative estimate of drug-likeness (QED) is 0.748. The fourth-order valence-electron chi connectivity index (χ4n) is 3.71. The minimum Gasteiger partial charge on any atom is -0.396 e. The summed E-state index contributed by atoms with van der Waals surface area (Å²) >= 11 is 0. The van der Waals surface area contributed by atoms with Crippen molar-refractivity contribution in [3.63, 3.8) is 0 Å². The monoisotopic (exact) mass is 342 g/mol. The van der Waals surface area contributed by atoms with Crippen LogP contribution in [-0.4, -0.2) is 0 Å². The van der Waals surface area contributed by atoms with Crippen LogP contribution in [0, 0.1) is 5.41 Å². The van der Waals surface area contributed by atoms with Gasteiger partial charge in [-0.2, -0.15) is 0 Å². The zero-order valence-electron chi connectivity index (χ0n) is 16.2. The Bertz CT molecular complexity index is 799. The summed E-state index contributed by atoms with van der Waals surface area (Å²) in [5.74, 6) is 0.848. The summed E-state index contributed by atoms with van der Waals surface area (Å²) < 4.78 is 10.6. The molecule has 0 fully saturated rings. The van der Waals surface area contributed by atoms with Gasteiger partial charge in [0, 0.05) is 12.8 Å². The predicted octanol–water partition coefficient (Wildman–Crippen LogP) is 5.22. The van der Waals surface area contributed by atoms with Crippen LogP contribution in [0.1, 0.15) is 75.7 Å². The van der Waals surface area contributed by atoms with Gasteiger partial charge < -0.3 is 8.83 Å². The first-order valence-corrected chi connectivity index (χ1v) is 9.38. The van der Waals surface area contributed by atoms with Gasteiger partial charge in [0.05, 0.1) is 0 Å². The van der Waals surface area contributed by atoms with Crippen molar-refractivity contribution >= 4 is 0 Å². The lowest BCUT2D eigenvalue weighted by molar-refractivity contribution is 0.334. The average Bonchev–Trinajstić information content (AvgIpc) is 3.09. The van der Waals surface area contributed by atoms with Crippen molar-refractivity contribution in [2.45, 2.75) is 78.6 Å². The lowest BCUT2D eigenvalue weighted by Crippen LogP contribution is -2.19. The molecule has 0 spiro atoms. The Morgan fingerprint density at radius 3 is 2.36 bits per heavy atom. The van der Waals surface area contributed by atoms with E-state index in [1.807, 2.05) is 0 Å². The van der Waals surface area contributed by atoms with Crippen molar-refractivity contribution in [3.05, 3.63) is 57.0 Å². The maximum atomic E-state index is 11.6. The van der Waals surface area contributed by atoms with Gasteiger partial charge in [-0.25, -0.2) is 4.79 Å². The molecule has 1 aromatic heterocycles. The normalized spacial score (nSPS) is 14.8. The number of hydrogen-bond acceptors (Lipinski definition) is 3. The molecule has 0 N–H and O–H groups in total. The van der Waals surface area contributed by atoms with Crippen molar-refractivity contribution in [3.8, 4) is 0 Å². The van der Waals surface area contributed by atoms with E-state index in [-0.39, 0.29) is 10.8 Å². The molecule has 0 saturated carbocycles. The smallest absolute Gasteiger partial charge is 0.396 e. The molecule has 0 amide bonds. The number of fused-ring (bicyclic) bond motifs is 1. The number of benzene rings is 1. The molecule has 0 radical (unpaired) electrons. The molecule has 136 valence electrons. The van der Waals surface area contributed by atoms with Gasteiger partial charge in [0.15, 0.2) is 5.76 Å². The van der Waals surface area contributed by atoms with Crippen LogP contribution < -0.4 is 5.82 Å². The molecule has 3 heteroatoms. The van der Waals surface area contributed by atoms with E-state index in [4.69, 9.17) is 8.83 Å². The summed E-state index contributed by atoms with van der Waals surface area (Å²) in [6, 6.07) is 6.94. The Labute approximate surface area is 150 Å². The van der Waals surface area contributed by atoms with Gasteiger partial charge in [-0.3, -0.25) is 0 Å². The molecule has 0 bridgehead atoms. The minimum atomic E-state index is -0.579. The molecule has 1 aliphatic rings. The number of aryl methyl sites for hydroxylation is 3. The zero-order valence-corrected chi connectivity index (χ0v) is 16.2. The van der Waals surface area contributed by atoms with E-state index in [1.54, 1.807) is 0 Å². The van der Waals surface area contributed by atoms with E-state index < -0.39 is 5.82 Å². The lowest BCUT2D eigenvalue weighted by atomic mass is 9.79. The third kappa shape index (κ3) is 4.26. The van der Waals surface area contributed by atoms with Crippen molar-refractivity contribution in [2.24, 2.45) is 5.41 Å². The highest BCUT2D eigenvalue weighted by atomic mass is 16.6. The molecule has 0 saturated heterocycles. The average molecular weight is 342 g/mol. The number of rotatable bonds is 5. The van der Waals surface area contributed by atoms with Crippen LogP contribution in [0.3, 0.4) is 0 Å². The summed E-state index contributed by atoms with van der Waals surface area (Å²) in [7, 11) is 0. The molecular weight excluding hydrogens is 312 g/mol. The van der Waals surface area contributed by atoms with Gasteiger partial charge in [-0.05, 0) is 53.2 Å². The summed E-state index contributed by atoms with van der Waals surface area (Å²) in [5, 5.41) is 0. The standard InChI is InChI=1S/C22H30O3/c1-21(2,3)14-19-18(24-20(23)25-19)11-12-22(4,5)17-10-9-15-7-6-8-16(15)13-17/h9-10,13H,6-8,11-12,14H2,1-5H3. The van der Waals surface area contributed by atoms with E-state index in [0.29, 0.717) is 17.9 Å². The topological polar surface area (TPSA) is 43.4 Å². The van der Waals surface area contributed by atoms with Gasteiger partial charge in [-0.15, -0.1) is 0 Å². The second-order valence-electron chi connectivity index (χ2n) is 9.26. The molecule has 0 aliphatic heterocycles. The number of hydrogen-bond donors (Lipinski definition) is 0. The summed E-state index contributed by atoms with van der Waals surface area (Å²) in [6.45, 7) is 10.9. The van der Waals surface area contributed by atoms with E-state index in [2.05, 4.69) is 52.8 Å². The van der Waals surface area contributed by atoms with Crippen molar-refractivity contribution < 1.29 is 8.83 Å². The third-order valence-electron chi connectivity index (χ3n) is 5.27. The SMILES string of the molecule is CC(C)(C)Cc1oc(=O)oc1CCC(C)(C)c1ccc2c(c1)CCC2. The molecule has 1 aliphatic carbocycles. The first-order valence-electron chi connectivity index (χ1n) is 9.38. The highest BCUT2D eigenvalue weighted by Gasteiger charge is 2.26. The molecule has 3 rings (SSSR count). The maximum Gasteiger partial charge on any atom is 0.519 e. The summed E-state index contributed by atoms with van der Waals surface area (Å²) in [6.07, 6.45) is 6.05. The van der Waals surface area contributed by atoms with E-state index >= 15 is 0 Å². The maximum absolute atomic E-state index is 11.6. The Balaban J connectivity index is 1.75. The molecule has 1 heterocycles. The van der Waals surface area contributed by atoms with Crippen LogP contribution >= 0.6 is 0 Å². The lowest BCUT2D eigenvalue weighted by Gasteiger charge is -2.26. The van der Waals surface area contributed by atoms with Crippen LogP contribution in [0.2, 0.25) is 0 Å².